The van der Waals surface area contributed by atoms with Crippen LogP contribution in [0.4, 0.5) is 18.9 Å². The lowest BCUT2D eigenvalue weighted by Crippen LogP contribution is -2.36. The molecule has 37 heavy (non-hydrogen) atoms. The van der Waals surface area contributed by atoms with E-state index in [9.17, 15) is 18.0 Å². The van der Waals surface area contributed by atoms with Gasteiger partial charge in [-0.3, -0.25) is 14.8 Å². The van der Waals surface area contributed by atoms with Crippen molar-refractivity contribution in [3.05, 3.63) is 83.6 Å². The van der Waals surface area contributed by atoms with Gasteiger partial charge in [0.15, 0.2) is 5.78 Å². The molecule has 190 valence electrons. The summed E-state index contributed by atoms with van der Waals surface area (Å²) in [6, 6.07) is 9.01. The van der Waals surface area contributed by atoms with Gasteiger partial charge in [-0.2, -0.15) is 13.2 Å². The summed E-state index contributed by atoms with van der Waals surface area (Å²) < 4.78 is 46.1. The molecule has 11 heteroatoms. The van der Waals surface area contributed by atoms with Gasteiger partial charge in [0.25, 0.3) is 0 Å². The predicted octanol–water partition coefficient (Wildman–Crippen LogP) is 4.31. The number of anilines is 1. The SMILES string of the molecule is Cc1ccc(CC(=O)c2cc(C(F)(F)F)ccn2)cc1-n1cc(-c2cncc(N3CCOCC3)c2)nn1. The van der Waals surface area contributed by atoms with Crippen molar-refractivity contribution in [1.29, 1.82) is 0 Å². The zero-order valence-electron chi connectivity index (χ0n) is 19.9. The number of benzene rings is 1. The molecular weight excluding hydrogens is 485 g/mol. The lowest BCUT2D eigenvalue weighted by molar-refractivity contribution is -0.137. The molecule has 1 fully saturated rings. The van der Waals surface area contributed by atoms with Crippen LogP contribution in [0.15, 0.2) is 61.2 Å². The molecule has 0 atom stereocenters. The van der Waals surface area contributed by atoms with E-state index in [1.165, 1.54) is 0 Å². The number of aromatic nitrogens is 5. The number of rotatable bonds is 6. The Morgan fingerprint density at radius 2 is 1.89 bits per heavy atom. The summed E-state index contributed by atoms with van der Waals surface area (Å²) in [5.41, 5.74) is 3.52. The number of ether oxygens (including phenoxy) is 1. The van der Waals surface area contributed by atoms with E-state index in [4.69, 9.17) is 4.74 Å². The monoisotopic (exact) mass is 508 g/mol. The minimum atomic E-state index is -4.54. The average molecular weight is 509 g/mol. The van der Waals surface area contributed by atoms with E-state index in [1.807, 2.05) is 25.3 Å². The summed E-state index contributed by atoms with van der Waals surface area (Å²) in [6.07, 6.45) is 1.66. The quantitative estimate of drug-likeness (QED) is 0.359. The highest BCUT2D eigenvalue weighted by Crippen LogP contribution is 2.29. The number of Topliss-reactive ketones (excluding diaryl/α,β-unsaturated/α-hetero) is 1. The molecule has 0 unspecified atom stereocenters. The topological polar surface area (TPSA) is 86.0 Å². The Hall–Kier alpha value is -4.12. The molecule has 0 aliphatic carbocycles. The van der Waals surface area contributed by atoms with Crippen LogP contribution in [-0.2, 0) is 17.3 Å². The summed E-state index contributed by atoms with van der Waals surface area (Å²) in [7, 11) is 0. The predicted molar refractivity (Wildman–Crippen MR) is 130 cm³/mol. The van der Waals surface area contributed by atoms with Crippen LogP contribution in [-0.4, -0.2) is 57.0 Å². The van der Waals surface area contributed by atoms with E-state index in [0.29, 0.717) is 30.2 Å². The third-order valence-electron chi connectivity index (χ3n) is 6.15. The molecule has 1 aliphatic rings. The third kappa shape index (κ3) is 5.51. The van der Waals surface area contributed by atoms with Crippen molar-refractivity contribution in [1.82, 2.24) is 25.0 Å². The number of ketones is 1. The van der Waals surface area contributed by atoms with Gasteiger partial charge >= 0.3 is 6.18 Å². The van der Waals surface area contributed by atoms with Crippen molar-refractivity contribution < 1.29 is 22.7 Å². The smallest absolute Gasteiger partial charge is 0.378 e. The number of morpholine rings is 1. The van der Waals surface area contributed by atoms with Gasteiger partial charge in [0.05, 0.1) is 42.5 Å². The maximum atomic E-state index is 13.0. The van der Waals surface area contributed by atoms with Gasteiger partial charge in [-0.1, -0.05) is 17.3 Å². The number of nitrogens with zero attached hydrogens (tertiary/aromatic N) is 6. The summed E-state index contributed by atoms with van der Waals surface area (Å²) in [6.45, 7) is 4.82. The van der Waals surface area contributed by atoms with Gasteiger partial charge in [-0.25, -0.2) is 4.68 Å². The Kier molecular flexibility index (Phi) is 6.70. The molecule has 1 aromatic carbocycles. The maximum Gasteiger partial charge on any atom is 0.416 e. The van der Waals surface area contributed by atoms with Crippen LogP contribution in [0.3, 0.4) is 0 Å². The van der Waals surface area contributed by atoms with Gasteiger partial charge in [-0.15, -0.1) is 5.10 Å². The number of hydrogen-bond donors (Lipinski definition) is 0. The molecule has 1 aliphatic heterocycles. The minimum absolute atomic E-state index is 0.103. The summed E-state index contributed by atoms with van der Waals surface area (Å²) >= 11 is 0. The van der Waals surface area contributed by atoms with Crippen molar-refractivity contribution in [2.24, 2.45) is 0 Å². The van der Waals surface area contributed by atoms with E-state index in [2.05, 4.69) is 25.2 Å². The number of carbonyl (C=O) groups is 1. The molecule has 0 radical (unpaired) electrons. The Labute approximate surface area is 210 Å². The van der Waals surface area contributed by atoms with Gasteiger partial charge in [0.1, 0.15) is 11.4 Å². The second kappa shape index (κ2) is 10.1. The number of aryl methyl sites for hydroxylation is 1. The normalized spacial score (nSPS) is 14.1. The second-order valence-corrected chi connectivity index (χ2v) is 8.73. The zero-order valence-corrected chi connectivity index (χ0v) is 19.9. The van der Waals surface area contributed by atoms with Crippen molar-refractivity contribution >= 4 is 11.5 Å². The fraction of sp³-hybridized carbons (Fsp3) is 0.269. The van der Waals surface area contributed by atoms with Crippen LogP contribution < -0.4 is 4.90 Å². The fourth-order valence-electron chi connectivity index (χ4n) is 4.12. The van der Waals surface area contributed by atoms with Crippen molar-refractivity contribution in [3.63, 3.8) is 0 Å². The number of pyridine rings is 2. The molecule has 3 aromatic heterocycles. The van der Waals surface area contributed by atoms with Crippen molar-refractivity contribution in [2.45, 2.75) is 19.5 Å². The van der Waals surface area contributed by atoms with Crippen molar-refractivity contribution in [3.8, 4) is 16.9 Å². The lowest BCUT2D eigenvalue weighted by atomic mass is 10.0. The molecule has 4 aromatic rings. The number of carbonyl (C=O) groups excluding carboxylic acids is 1. The van der Waals surface area contributed by atoms with Crippen LogP contribution in [0.1, 0.15) is 27.2 Å². The molecule has 0 spiro atoms. The second-order valence-electron chi connectivity index (χ2n) is 8.73. The van der Waals surface area contributed by atoms with E-state index in [-0.39, 0.29) is 12.1 Å². The first-order valence-corrected chi connectivity index (χ1v) is 11.6. The Balaban J connectivity index is 1.37. The highest BCUT2D eigenvalue weighted by molar-refractivity contribution is 5.96. The van der Waals surface area contributed by atoms with Crippen LogP contribution in [0.5, 0.6) is 0 Å². The van der Waals surface area contributed by atoms with Crippen LogP contribution in [0.2, 0.25) is 0 Å². The molecule has 4 heterocycles. The Bertz CT molecular complexity index is 1430. The largest absolute Gasteiger partial charge is 0.416 e. The molecule has 0 saturated carbocycles. The van der Waals surface area contributed by atoms with Crippen LogP contribution in [0.25, 0.3) is 16.9 Å². The maximum absolute atomic E-state index is 13.0. The molecule has 0 bridgehead atoms. The van der Waals surface area contributed by atoms with Gasteiger partial charge in [-0.05, 0) is 42.3 Å². The number of hydrogen-bond acceptors (Lipinski definition) is 7. The highest BCUT2D eigenvalue weighted by Gasteiger charge is 2.31. The molecule has 1 saturated heterocycles. The molecule has 0 amide bonds. The minimum Gasteiger partial charge on any atom is -0.378 e. The van der Waals surface area contributed by atoms with Gasteiger partial charge in [0, 0.05) is 37.5 Å². The summed E-state index contributed by atoms with van der Waals surface area (Å²) in [4.78, 5) is 23.1. The van der Waals surface area contributed by atoms with E-state index in [1.54, 1.807) is 29.2 Å². The van der Waals surface area contributed by atoms with Gasteiger partial charge < -0.3 is 9.64 Å². The average Bonchev–Trinajstić information content (AvgIpc) is 3.40. The van der Waals surface area contributed by atoms with E-state index in [0.717, 1.165) is 48.2 Å². The Morgan fingerprint density at radius 3 is 2.68 bits per heavy atom. The first-order chi connectivity index (χ1) is 17.8. The van der Waals surface area contributed by atoms with Crippen LogP contribution >= 0.6 is 0 Å². The molecular formula is C26H23F3N6O2. The third-order valence-corrected chi connectivity index (χ3v) is 6.15. The summed E-state index contributed by atoms with van der Waals surface area (Å²) in [5, 5.41) is 8.57. The highest BCUT2D eigenvalue weighted by atomic mass is 19.4. The van der Waals surface area contributed by atoms with E-state index < -0.39 is 17.5 Å². The fourth-order valence-corrected chi connectivity index (χ4v) is 4.12. The lowest BCUT2D eigenvalue weighted by Gasteiger charge is -2.28. The number of halogens is 3. The molecule has 0 N–H and O–H groups in total. The van der Waals surface area contributed by atoms with Crippen molar-refractivity contribution in [2.75, 3.05) is 31.2 Å². The standard InChI is InChI=1S/C26H23F3N6O2/c1-17-2-3-18(11-25(36)22-13-20(4-5-31-22)26(27,28)29)10-24(17)35-16-23(32-33-35)19-12-21(15-30-14-19)34-6-8-37-9-7-34/h2-5,10,12-16H,6-9,11H2,1H3. The molecule has 5 rings (SSSR count). The molecule has 8 nitrogen and oxygen atoms in total. The van der Waals surface area contributed by atoms with Crippen LogP contribution in [0, 0.1) is 6.92 Å². The zero-order chi connectivity index (χ0) is 26.0. The number of alkyl halides is 3. The van der Waals surface area contributed by atoms with Gasteiger partial charge in [0.2, 0.25) is 0 Å². The first kappa shape index (κ1) is 24.6. The first-order valence-electron chi connectivity index (χ1n) is 11.6. The van der Waals surface area contributed by atoms with E-state index >= 15 is 0 Å². The Morgan fingerprint density at radius 1 is 1.08 bits per heavy atom. The summed E-state index contributed by atoms with van der Waals surface area (Å²) in [5.74, 6) is -0.508.